The van der Waals surface area contributed by atoms with E-state index in [4.69, 9.17) is 4.74 Å². The normalized spacial score (nSPS) is 13.0. The first-order chi connectivity index (χ1) is 26.5. The first-order valence-corrected chi connectivity index (χ1v) is 23.3. The molecule has 0 aliphatic rings. The van der Waals surface area contributed by atoms with Crippen LogP contribution >= 0.6 is 0 Å². The Bertz CT molecular complexity index is 884. The number of esters is 1. The monoisotopic (exact) mass is 760 g/mol. The third-order valence-electron chi connectivity index (χ3n) is 10.4. The van der Waals surface area contributed by atoms with Crippen molar-refractivity contribution in [1.29, 1.82) is 0 Å². The molecule has 0 spiro atoms. The van der Waals surface area contributed by atoms with Crippen molar-refractivity contribution in [3.05, 3.63) is 36.5 Å². The van der Waals surface area contributed by atoms with Gasteiger partial charge in [0, 0.05) is 12.8 Å². The molecule has 0 aromatic heterocycles. The molecule has 54 heavy (non-hydrogen) atoms. The first kappa shape index (κ1) is 52.1. The third kappa shape index (κ3) is 39.8. The highest BCUT2D eigenvalue weighted by molar-refractivity contribution is 5.76. The van der Waals surface area contributed by atoms with Crippen molar-refractivity contribution in [1.82, 2.24) is 5.32 Å². The average molecular weight is 760 g/mol. The minimum atomic E-state index is -0.857. The molecule has 0 rings (SSSR count). The van der Waals surface area contributed by atoms with Crippen LogP contribution in [0.25, 0.3) is 0 Å². The van der Waals surface area contributed by atoms with E-state index in [1.807, 2.05) is 6.08 Å². The summed E-state index contributed by atoms with van der Waals surface area (Å²) in [5, 5.41) is 22.8. The Hall–Kier alpha value is -1.92. The molecular formula is C48H89NO5. The number of nitrogens with one attached hydrogen (secondary N) is 1. The number of hydrogen-bond donors (Lipinski definition) is 3. The summed E-state index contributed by atoms with van der Waals surface area (Å²) in [7, 11) is 0. The maximum atomic E-state index is 12.3. The Balaban J connectivity index is 3.49. The van der Waals surface area contributed by atoms with Crippen LogP contribution in [-0.4, -0.2) is 47.4 Å². The van der Waals surface area contributed by atoms with Gasteiger partial charge in [-0.2, -0.15) is 0 Å². The molecule has 0 bridgehead atoms. The lowest BCUT2D eigenvalue weighted by Crippen LogP contribution is -2.45. The summed E-state index contributed by atoms with van der Waals surface area (Å²) in [5.41, 5.74) is 0. The van der Waals surface area contributed by atoms with Crippen LogP contribution in [-0.2, 0) is 14.3 Å². The molecule has 2 unspecified atom stereocenters. The molecular weight excluding hydrogens is 671 g/mol. The largest absolute Gasteiger partial charge is 0.466 e. The van der Waals surface area contributed by atoms with Gasteiger partial charge in [0.05, 0.1) is 25.4 Å². The number of unbranched alkanes of at least 4 members (excludes halogenated alkanes) is 27. The summed E-state index contributed by atoms with van der Waals surface area (Å²) < 4.78 is 5.45. The van der Waals surface area contributed by atoms with Gasteiger partial charge in [0.1, 0.15) is 0 Å². The van der Waals surface area contributed by atoms with Gasteiger partial charge in [0.2, 0.25) is 5.91 Å². The quantitative estimate of drug-likeness (QED) is 0.0327. The van der Waals surface area contributed by atoms with Gasteiger partial charge in [-0.3, -0.25) is 9.59 Å². The standard InChI is InChI=1S/C48H89NO5/c1-3-5-7-9-11-13-14-15-16-17-18-19-20-21-26-30-34-38-42-48(53)54-43-39-35-31-27-23-22-25-29-33-37-41-47(52)49-45(44-50)46(51)40-36-32-28-24-12-10-8-6-4-2/h13-14,16-17,36,40,45-46,50-51H,3-12,15,18-35,37-39,41-44H2,1-2H3,(H,49,52)/b14-13-,17-16-,40-36+. The van der Waals surface area contributed by atoms with Crippen molar-refractivity contribution in [2.75, 3.05) is 13.2 Å². The molecule has 0 radical (unpaired) electrons. The van der Waals surface area contributed by atoms with Crippen molar-refractivity contribution in [3.8, 4) is 0 Å². The van der Waals surface area contributed by atoms with E-state index in [0.29, 0.717) is 19.4 Å². The summed E-state index contributed by atoms with van der Waals surface area (Å²) >= 11 is 0. The van der Waals surface area contributed by atoms with Gasteiger partial charge in [0.15, 0.2) is 0 Å². The van der Waals surface area contributed by atoms with E-state index in [0.717, 1.165) is 64.2 Å². The number of carbonyl (C=O) groups excluding carboxylic acids is 2. The molecule has 1 amide bonds. The second-order valence-electron chi connectivity index (χ2n) is 15.7. The fourth-order valence-corrected chi connectivity index (χ4v) is 6.78. The summed E-state index contributed by atoms with van der Waals surface area (Å²) in [5.74, 6) is -0.125. The smallest absolute Gasteiger partial charge is 0.305 e. The van der Waals surface area contributed by atoms with Crippen molar-refractivity contribution in [2.45, 2.75) is 244 Å². The Morgan fingerprint density at radius 1 is 0.519 bits per heavy atom. The zero-order chi connectivity index (χ0) is 39.4. The van der Waals surface area contributed by atoms with E-state index < -0.39 is 12.1 Å². The summed E-state index contributed by atoms with van der Waals surface area (Å²) in [4.78, 5) is 24.4. The molecule has 2 atom stereocenters. The minimum absolute atomic E-state index is 0.0297. The van der Waals surface area contributed by atoms with Crippen molar-refractivity contribution in [3.63, 3.8) is 0 Å². The third-order valence-corrected chi connectivity index (χ3v) is 10.4. The molecule has 0 aliphatic carbocycles. The topological polar surface area (TPSA) is 95.9 Å². The van der Waals surface area contributed by atoms with E-state index in [1.54, 1.807) is 6.08 Å². The maximum Gasteiger partial charge on any atom is 0.305 e. The van der Waals surface area contributed by atoms with Crippen molar-refractivity contribution >= 4 is 11.9 Å². The van der Waals surface area contributed by atoms with Gasteiger partial charge in [-0.25, -0.2) is 0 Å². The summed E-state index contributed by atoms with van der Waals surface area (Å²) in [6, 6.07) is -0.643. The zero-order valence-electron chi connectivity index (χ0n) is 35.7. The molecule has 0 aromatic carbocycles. The number of rotatable bonds is 42. The molecule has 0 saturated carbocycles. The van der Waals surface area contributed by atoms with Gasteiger partial charge >= 0.3 is 5.97 Å². The van der Waals surface area contributed by atoms with Crippen LogP contribution in [0.2, 0.25) is 0 Å². The van der Waals surface area contributed by atoms with Crippen LogP contribution in [0.1, 0.15) is 232 Å². The van der Waals surface area contributed by atoms with E-state index >= 15 is 0 Å². The Labute approximate surface area is 334 Å². The van der Waals surface area contributed by atoms with Gasteiger partial charge in [0.25, 0.3) is 0 Å². The van der Waals surface area contributed by atoms with E-state index in [1.165, 1.54) is 141 Å². The number of aliphatic hydroxyl groups excluding tert-OH is 2. The number of allylic oxidation sites excluding steroid dienone is 5. The molecule has 316 valence electrons. The molecule has 0 fully saturated rings. The summed E-state index contributed by atoms with van der Waals surface area (Å²) in [6.45, 7) is 4.78. The molecule has 3 N–H and O–H groups in total. The lowest BCUT2D eigenvalue weighted by atomic mass is 10.1. The molecule has 6 heteroatoms. The highest BCUT2D eigenvalue weighted by Gasteiger charge is 2.18. The van der Waals surface area contributed by atoms with E-state index in [-0.39, 0.29) is 18.5 Å². The van der Waals surface area contributed by atoms with Crippen LogP contribution in [0.4, 0.5) is 0 Å². The van der Waals surface area contributed by atoms with Gasteiger partial charge in [-0.15, -0.1) is 0 Å². The zero-order valence-corrected chi connectivity index (χ0v) is 35.7. The maximum absolute atomic E-state index is 12.3. The van der Waals surface area contributed by atoms with E-state index in [2.05, 4.69) is 43.5 Å². The average Bonchev–Trinajstić information content (AvgIpc) is 3.17. The lowest BCUT2D eigenvalue weighted by Gasteiger charge is -2.20. The molecule has 0 saturated heterocycles. The Morgan fingerprint density at radius 3 is 1.43 bits per heavy atom. The highest BCUT2D eigenvalue weighted by atomic mass is 16.5. The van der Waals surface area contributed by atoms with Crippen LogP contribution in [0.3, 0.4) is 0 Å². The number of amides is 1. The van der Waals surface area contributed by atoms with Crippen molar-refractivity contribution in [2.24, 2.45) is 0 Å². The second kappa shape index (κ2) is 43.8. The predicted octanol–water partition coefficient (Wildman–Crippen LogP) is 13.3. The SMILES string of the molecule is CCCCCC/C=C\C/C=C\CCCCCCCCCC(=O)OCCCCCCCCCCCCC(=O)NC(CO)C(O)/C=C/CCCCCCCCC. The molecule has 0 aromatic rings. The van der Waals surface area contributed by atoms with Crippen LogP contribution in [0, 0.1) is 0 Å². The highest BCUT2D eigenvalue weighted by Crippen LogP contribution is 2.14. The minimum Gasteiger partial charge on any atom is -0.466 e. The van der Waals surface area contributed by atoms with Crippen LogP contribution in [0.5, 0.6) is 0 Å². The number of ether oxygens (including phenoxy) is 1. The summed E-state index contributed by atoms with van der Waals surface area (Å²) in [6.07, 6.45) is 51.3. The van der Waals surface area contributed by atoms with Crippen LogP contribution < -0.4 is 5.32 Å². The fraction of sp³-hybridized carbons (Fsp3) is 0.833. The number of hydrogen-bond acceptors (Lipinski definition) is 5. The van der Waals surface area contributed by atoms with Gasteiger partial charge in [-0.05, 0) is 64.2 Å². The Morgan fingerprint density at radius 2 is 0.926 bits per heavy atom. The lowest BCUT2D eigenvalue weighted by molar-refractivity contribution is -0.143. The van der Waals surface area contributed by atoms with E-state index in [9.17, 15) is 19.8 Å². The van der Waals surface area contributed by atoms with Crippen molar-refractivity contribution < 1.29 is 24.5 Å². The molecule has 0 heterocycles. The van der Waals surface area contributed by atoms with Crippen LogP contribution in [0.15, 0.2) is 36.5 Å². The fourth-order valence-electron chi connectivity index (χ4n) is 6.78. The first-order valence-electron chi connectivity index (χ1n) is 23.3. The Kier molecular flexibility index (Phi) is 42.2. The number of carbonyl (C=O) groups is 2. The molecule has 6 nitrogen and oxygen atoms in total. The second-order valence-corrected chi connectivity index (χ2v) is 15.7. The van der Waals surface area contributed by atoms with Gasteiger partial charge < -0.3 is 20.3 Å². The number of aliphatic hydroxyl groups is 2. The van der Waals surface area contributed by atoms with Gasteiger partial charge in [-0.1, -0.05) is 192 Å². The predicted molar refractivity (Wildman–Crippen MR) is 232 cm³/mol. The molecule has 0 aliphatic heterocycles.